The molecule has 0 spiro atoms. The first-order valence-electron chi connectivity index (χ1n) is 10.4. The van der Waals surface area contributed by atoms with E-state index < -0.39 is 10.0 Å². The second kappa shape index (κ2) is 9.63. The van der Waals surface area contributed by atoms with Gasteiger partial charge in [-0.3, -0.25) is 0 Å². The molecule has 0 saturated carbocycles. The molecule has 0 radical (unpaired) electrons. The second-order valence-corrected chi connectivity index (χ2v) is 8.78. The van der Waals surface area contributed by atoms with Crippen molar-refractivity contribution in [1.29, 1.82) is 0 Å². The third-order valence-corrected chi connectivity index (χ3v) is 6.51. The number of benzene rings is 2. The lowest BCUT2D eigenvalue weighted by atomic mass is 9.98. The quantitative estimate of drug-likeness (QED) is 0.517. The molecule has 4 rings (SSSR count). The fourth-order valence-corrected chi connectivity index (χ4v) is 4.81. The normalized spacial score (nSPS) is 15.9. The van der Waals surface area contributed by atoms with Gasteiger partial charge in [0, 0.05) is 18.7 Å². The molecule has 1 atom stereocenters. The molecule has 0 unspecified atom stereocenters. The Balaban J connectivity index is 1.66. The summed E-state index contributed by atoms with van der Waals surface area (Å²) in [4.78, 5) is -0.0243. The molecule has 2 aromatic carbocycles. The van der Waals surface area contributed by atoms with E-state index in [0.717, 1.165) is 12.0 Å². The van der Waals surface area contributed by atoms with Crippen molar-refractivity contribution in [3.8, 4) is 17.2 Å². The van der Waals surface area contributed by atoms with Crippen LogP contribution in [0.3, 0.4) is 0 Å². The number of aromatic nitrogens is 4. The molecule has 0 amide bonds. The van der Waals surface area contributed by atoms with Crippen LogP contribution in [-0.2, 0) is 21.2 Å². The summed E-state index contributed by atoms with van der Waals surface area (Å²) in [5, 5.41) is 11.2. The minimum atomic E-state index is -3.94. The van der Waals surface area contributed by atoms with Crippen molar-refractivity contribution >= 4 is 10.0 Å². The highest BCUT2D eigenvalue weighted by Gasteiger charge is 2.27. The summed E-state index contributed by atoms with van der Waals surface area (Å²) in [6.07, 6.45) is 1.85. The van der Waals surface area contributed by atoms with Crippen LogP contribution >= 0.6 is 0 Å². The minimum absolute atomic E-state index is 0.0243. The van der Waals surface area contributed by atoms with Crippen molar-refractivity contribution in [1.82, 2.24) is 24.9 Å². The molecule has 3 aromatic rings. The Morgan fingerprint density at radius 1 is 1.16 bits per heavy atom. The zero-order valence-corrected chi connectivity index (χ0v) is 18.7. The summed E-state index contributed by atoms with van der Waals surface area (Å²) in [5.41, 5.74) is 2.64. The van der Waals surface area contributed by atoms with Gasteiger partial charge in [0.1, 0.15) is 28.4 Å². The van der Waals surface area contributed by atoms with E-state index in [4.69, 9.17) is 14.2 Å². The summed E-state index contributed by atoms with van der Waals surface area (Å²) >= 11 is 0. The average Bonchev–Trinajstić information content (AvgIpc) is 3.33. The Kier molecular flexibility index (Phi) is 6.68. The van der Waals surface area contributed by atoms with Gasteiger partial charge in [-0.05, 0) is 41.8 Å². The maximum Gasteiger partial charge on any atom is 0.244 e. The number of sulfonamides is 1. The first-order chi connectivity index (χ1) is 15.5. The molecule has 2 heterocycles. The first-order valence-corrected chi connectivity index (χ1v) is 11.9. The monoisotopic (exact) mass is 459 g/mol. The number of tetrazole rings is 1. The summed E-state index contributed by atoms with van der Waals surface area (Å²) in [6.45, 7) is 4.85. The van der Waals surface area contributed by atoms with E-state index in [0.29, 0.717) is 24.7 Å². The Labute approximate surface area is 186 Å². The number of nitrogens with zero attached hydrogens (tertiary/aromatic N) is 4. The molecule has 10 nitrogen and oxygen atoms in total. The van der Waals surface area contributed by atoms with Crippen LogP contribution in [0.4, 0.5) is 0 Å². The zero-order chi connectivity index (χ0) is 22.6. The molecule has 11 heteroatoms. The van der Waals surface area contributed by atoms with E-state index in [9.17, 15) is 8.42 Å². The van der Waals surface area contributed by atoms with Crippen molar-refractivity contribution in [2.24, 2.45) is 0 Å². The van der Waals surface area contributed by atoms with Crippen LogP contribution in [0, 0.1) is 0 Å². The van der Waals surface area contributed by atoms with E-state index in [1.165, 1.54) is 22.6 Å². The van der Waals surface area contributed by atoms with Gasteiger partial charge >= 0.3 is 0 Å². The number of fused-ring (bicyclic) bond motifs is 1. The third-order valence-electron chi connectivity index (χ3n) is 5.06. The highest BCUT2D eigenvalue weighted by Crippen LogP contribution is 2.35. The number of nitrogens with one attached hydrogen (secondary N) is 1. The van der Waals surface area contributed by atoms with Gasteiger partial charge in [-0.25, -0.2) is 13.1 Å². The van der Waals surface area contributed by atoms with Crippen molar-refractivity contribution < 1.29 is 22.6 Å². The highest BCUT2D eigenvalue weighted by molar-refractivity contribution is 7.89. The molecule has 1 aliphatic rings. The number of hydrogen-bond donors (Lipinski definition) is 1. The van der Waals surface area contributed by atoms with Crippen LogP contribution in [0.15, 0.2) is 47.6 Å². The molecule has 0 saturated heterocycles. The lowest BCUT2D eigenvalue weighted by molar-refractivity contribution is 0.0460. The van der Waals surface area contributed by atoms with Crippen LogP contribution in [0.2, 0.25) is 0 Å². The smallest absolute Gasteiger partial charge is 0.244 e. The number of ether oxygens (including phenoxy) is 3. The van der Waals surface area contributed by atoms with Gasteiger partial charge < -0.3 is 14.2 Å². The third kappa shape index (κ3) is 4.59. The van der Waals surface area contributed by atoms with Gasteiger partial charge in [0.05, 0.1) is 25.9 Å². The van der Waals surface area contributed by atoms with Crippen LogP contribution in [0.5, 0.6) is 11.5 Å². The highest BCUT2D eigenvalue weighted by atomic mass is 32.2. The number of hydrogen-bond acceptors (Lipinski definition) is 8. The summed E-state index contributed by atoms with van der Waals surface area (Å²) in [5.74, 6) is 0.502. The molecular weight excluding hydrogens is 434 g/mol. The topological polar surface area (TPSA) is 117 Å². The van der Waals surface area contributed by atoms with Gasteiger partial charge in [0.15, 0.2) is 0 Å². The SMILES string of the molecule is CCOc1cc(S(=O)(=O)NC[C@H]2OCCc3ccccc32)c(OCC)cc1-n1cnnn1. The van der Waals surface area contributed by atoms with Gasteiger partial charge in [-0.1, -0.05) is 24.3 Å². The van der Waals surface area contributed by atoms with E-state index in [1.54, 1.807) is 13.0 Å². The molecule has 0 fully saturated rings. The van der Waals surface area contributed by atoms with Gasteiger partial charge in [-0.2, -0.15) is 4.68 Å². The van der Waals surface area contributed by atoms with Crippen LogP contribution < -0.4 is 14.2 Å². The fourth-order valence-electron chi connectivity index (χ4n) is 3.64. The standard InChI is InChI=1S/C21H25N5O5S/c1-3-29-18-12-21(19(30-4-2)11-17(18)26-14-22-24-25-26)32(27,28)23-13-20-16-8-6-5-7-15(16)9-10-31-20/h5-8,11-12,14,20,23H,3-4,9-10,13H2,1-2H3/t20-/m1/s1. The molecule has 0 aliphatic carbocycles. The maximum absolute atomic E-state index is 13.3. The molecule has 1 aromatic heterocycles. The Hall–Kier alpha value is -3.02. The maximum atomic E-state index is 13.3. The summed E-state index contributed by atoms with van der Waals surface area (Å²) in [6, 6.07) is 10.9. The second-order valence-electron chi connectivity index (χ2n) is 7.05. The zero-order valence-electron chi connectivity index (χ0n) is 17.9. The molecule has 1 aliphatic heterocycles. The van der Waals surface area contributed by atoms with E-state index in [2.05, 4.69) is 20.2 Å². The van der Waals surface area contributed by atoms with Crippen LogP contribution in [-0.4, -0.2) is 55.0 Å². The van der Waals surface area contributed by atoms with Crippen LogP contribution in [0.1, 0.15) is 31.1 Å². The van der Waals surface area contributed by atoms with Crippen molar-refractivity contribution in [2.45, 2.75) is 31.3 Å². The Bertz CT molecular complexity index is 1170. The molecule has 0 bridgehead atoms. The Morgan fingerprint density at radius 2 is 1.94 bits per heavy atom. The van der Waals surface area contributed by atoms with Crippen molar-refractivity contribution in [3.63, 3.8) is 0 Å². The van der Waals surface area contributed by atoms with Crippen molar-refractivity contribution in [2.75, 3.05) is 26.4 Å². The summed E-state index contributed by atoms with van der Waals surface area (Å²) < 4.78 is 47.8. The van der Waals surface area contributed by atoms with Gasteiger partial charge in [0.25, 0.3) is 0 Å². The lowest BCUT2D eigenvalue weighted by Crippen LogP contribution is -2.32. The Morgan fingerprint density at radius 3 is 2.69 bits per heavy atom. The molecule has 170 valence electrons. The van der Waals surface area contributed by atoms with Crippen LogP contribution in [0.25, 0.3) is 5.69 Å². The van der Waals surface area contributed by atoms with Gasteiger partial charge in [0.2, 0.25) is 10.0 Å². The lowest BCUT2D eigenvalue weighted by Gasteiger charge is -2.26. The van der Waals surface area contributed by atoms with E-state index >= 15 is 0 Å². The number of rotatable bonds is 9. The largest absolute Gasteiger partial charge is 0.492 e. The first kappa shape index (κ1) is 22.2. The predicted molar refractivity (Wildman–Crippen MR) is 116 cm³/mol. The summed E-state index contributed by atoms with van der Waals surface area (Å²) in [7, 11) is -3.94. The molecule has 1 N–H and O–H groups in total. The minimum Gasteiger partial charge on any atom is -0.492 e. The average molecular weight is 460 g/mol. The molecular formula is C21H25N5O5S. The van der Waals surface area contributed by atoms with Crippen molar-refractivity contribution in [3.05, 3.63) is 53.9 Å². The van der Waals surface area contributed by atoms with Gasteiger partial charge in [-0.15, -0.1) is 5.10 Å². The predicted octanol–water partition coefficient (Wildman–Crippen LogP) is 2.05. The fraction of sp³-hybridized carbons (Fsp3) is 0.381. The van der Waals surface area contributed by atoms with E-state index in [-0.39, 0.29) is 29.9 Å². The van der Waals surface area contributed by atoms with E-state index in [1.807, 2.05) is 31.2 Å². The molecule has 32 heavy (non-hydrogen) atoms.